The summed E-state index contributed by atoms with van der Waals surface area (Å²) < 4.78 is 5.25. The molecule has 0 heterocycles. The zero-order chi connectivity index (χ0) is 13.1. The molecule has 2 nitrogen and oxygen atoms in total. The highest BCUT2D eigenvalue weighted by atomic mass is 16.5. The van der Waals surface area contributed by atoms with Crippen molar-refractivity contribution in [2.75, 3.05) is 20.3 Å². The van der Waals surface area contributed by atoms with E-state index in [1.807, 2.05) is 7.11 Å². The smallest absolute Gasteiger partial charge is 0.0468 e. The SMILES string of the molecule is COCCC1(CNC2CCC3CCCCC3C2)CC1. The summed E-state index contributed by atoms with van der Waals surface area (Å²) in [5.41, 5.74) is 0.611. The highest BCUT2D eigenvalue weighted by molar-refractivity contribution is 4.96. The summed E-state index contributed by atoms with van der Waals surface area (Å²) in [6, 6.07) is 0.819. The summed E-state index contributed by atoms with van der Waals surface area (Å²) >= 11 is 0. The average molecular weight is 265 g/mol. The Balaban J connectivity index is 1.41. The number of hydrogen-bond donors (Lipinski definition) is 1. The van der Waals surface area contributed by atoms with Crippen LogP contribution in [0, 0.1) is 17.3 Å². The van der Waals surface area contributed by atoms with Gasteiger partial charge >= 0.3 is 0 Å². The second kappa shape index (κ2) is 6.13. The molecule has 19 heavy (non-hydrogen) atoms. The molecule has 3 fully saturated rings. The Kier molecular flexibility index (Phi) is 4.48. The van der Waals surface area contributed by atoms with E-state index in [9.17, 15) is 0 Å². The molecular formula is C17H31NO. The van der Waals surface area contributed by atoms with Gasteiger partial charge < -0.3 is 10.1 Å². The molecular weight excluding hydrogens is 234 g/mol. The molecule has 3 rings (SSSR count). The predicted octanol–water partition coefficient (Wildman–Crippen LogP) is 3.75. The summed E-state index contributed by atoms with van der Waals surface area (Å²) in [6.07, 6.45) is 14.5. The average Bonchev–Trinajstić information content (AvgIpc) is 3.23. The minimum absolute atomic E-state index is 0.611. The van der Waals surface area contributed by atoms with Crippen molar-refractivity contribution in [1.29, 1.82) is 0 Å². The first-order valence-corrected chi connectivity index (χ1v) is 8.54. The van der Waals surface area contributed by atoms with Gasteiger partial charge in [0.05, 0.1) is 0 Å². The fraction of sp³-hybridized carbons (Fsp3) is 1.00. The Labute approximate surface area is 118 Å². The number of nitrogens with one attached hydrogen (secondary N) is 1. The van der Waals surface area contributed by atoms with E-state index in [0.29, 0.717) is 5.41 Å². The van der Waals surface area contributed by atoms with Crippen molar-refractivity contribution in [3.8, 4) is 0 Å². The lowest BCUT2D eigenvalue weighted by molar-refractivity contribution is 0.135. The number of ether oxygens (including phenoxy) is 1. The van der Waals surface area contributed by atoms with E-state index >= 15 is 0 Å². The van der Waals surface area contributed by atoms with Crippen molar-refractivity contribution < 1.29 is 4.74 Å². The van der Waals surface area contributed by atoms with Crippen molar-refractivity contribution in [2.45, 2.75) is 70.3 Å². The van der Waals surface area contributed by atoms with Crippen LogP contribution in [0.4, 0.5) is 0 Å². The minimum atomic E-state index is 0.611. The molecule has 0 aromatic carbocycles. The standard InChI is InChI=1S/C17H31NO/c1-19-11-10-17(8-9-17)13-18-16-7-6-14-4-2-3-5-15(14)12-16/h14-16,18H,2-13H2,1H3. The van der Waals surface area contributed by atoms with Crippen molar-refractivity contribution in [1.82, 2.24) is 5.32 Å². The molecule has 0 bridgehead atoms. The van der Waals surface area contributed by atoms with E-state index in [4.69, 9.17) is 4.74 Å². The fourth-order valence-corrected chi connectivity index (χ4v) is 4.43. The molecule has 110 valence electrons. The van der Waals surface area contributed by atoms with Crippen LogP contribution in [0.1, 0.15) is 64.2 Å². The molecule has 0 saturated heterocycles. The van der Waals surface area contributed by atoms with Crippen LogP contribution < -0.4 is 5.32 Å². The largest absolute Gasteiger partial charge is 0.385 e. The lowest BCUT2D eigenvalue weighted by Gasteiger charge is -2.40. The van der Waals surface area contributed by atoms with Crippen LogP contribution in [0.5, 0.6) is 0 Å². The monoisotopic (exact) mass is 265 g/mol. The molecule has 3 aliphatic carbocycles. The molecule has 1 N–H and O–H groups in total. The van der Waals surface area contributed by atoms with Gasteiger partial charge in [0.1, 0.15) is 0 Å². The molecule has 0 radical (unpaired) electrons. The first-order valence-electron chi connectivity index (χ1n) is 8.54. The predicted molar refractivity (Wildman–Crippen MR) is 79.2 cm³/mol. The first-order chi connectivity index (χ1) is 9.31. The summed E-state index contributed by atoms with van der Waals surface area (Å²) in [6.45, 7) is 2.19. The number of hydrogen-bond acceptors (Lipinski definition) is 2. The first kappa shape index (κ1) is 13.9. The molecule has 0 amide bonds. The van der Waals surface area contributed by atoms with Crippen LogP contribution in [0.3, 0.4) is 0 Å². The molecule has 3 saturated carbocycles. The third-order valence-corrected chi connectivity index (χ3v) is 6.10. The Morgan fingerprint density at radius 3 is 2.58 bits per heavy atom. The minimum Gasteiger partial charge on any atom is -0.385 e. The van der Waals surface area contributed by atoms with Crippen LogP contribution in [-0.2, 0) is 4.74 Å². The van der Waals surface area contributed by atoms with Gasteiger partial charge in [-0.1, -0.05) is 25.7 Å². The second-order valence-corrected chi connectivity index (χ2v) is 7.44. The molecule has 0 aromatic heterocycles. The van der Waals surface area contributed by atoms with Gasteiger partial charge in [0, 0.05) is 26.3 Å². The normalized spacial score (nSPS) is 36.8. The second-order valence-electron chi connectivity index (χ2n) is 7.44. The highest BCUT2D eigenvalue weighted by Crippen LogP contribution is 2.48. The van der Waals surface area contributed by atoms with E-state index in [0.717, 1.165) is 24.5 Å². The third-order valence-electron chi connectivity index (χ3n) is 6.10. The van der Waals surface area contributed by atoms with E-state index in [1.165, 1.54) is 70.8 Å². The van der Waals surface area contributed by atoms with Gasteiger partial charge in [0.25, 0.3) is 0 Å². The van der Waals surface area contributed by atoms with Gasteiger partial charge in [-0.05, 0) is 55.8 Å². The lowest BCUT2D eigenvalue weighted by Crippen LogP contribution is -2.41. The molecule has 0 aliphatic heterocycles. The summed E-state index contributed by atoms with van der Waals surface area (Å²) in [4.78, 5) is 0. The van der Waals surface area contributed by atoms with Crippen LogP contribution in [0.25, 0.3) is 0 Å². The zero-order valence-electron chi connectivity index (χ0n) is 12.6. The summed E-state index contributed by atoms with van der Waals surface area (Å²) in [5.74, 6) is 2.13. The van der Waals surface area contributed by atoms with Gasteiger partial charge in [-0.3, -0.25) is 0 Å². The molecule has 3 aliphatic rings. The Hall–Kier alpha value is -0.0800. The van der Waals surface area contributed by atoms with Crippen LogP contribution in [0.2, 0.25) is 0 Å². The molecule has 2 heteroatoms. The van der Waals surface area contributed by atoms with Crippen molar-refractivity contribution in [3.05, 3.63) is 0 Å². The Morgan fingerprint density at radius 2 is 1.84 bits per heavy atom. The van der Waals surface area contributed by atoms with E-state index in [1.54, 1.807) is 0 Å². The maximum absolute atomic E-state index is 5.25. The maximum Gasteiger partial charge on any atom is 0.0468 e. The van der Waals surface area contributed by atoms with Gasteiger partial charge in [-0.2, -0.15) is 0 Å². The molecule has 0 aromatic rings. The fourth-order valence-electron chi connectivity index (χ4n) is 4.43. The molecule has 3 atom stereocenters. The van der Waals surface area contributed by atoms with E-state index in [2.05, 4.69) is 5.32 Å². The van der Waals surface area contributed by atoms with Gasteiger partial charge in [-0.15, -0.1) is 0 Å². The number of fused-ring (bicyclic) bond motifs is 1. The van der Waals surface area contributed by atoms with Crippen molar-refractivity contribution in [2.24, 2.45) is 17.3 Å². The topological polar surface area (TPSA) is 21.3 Å². The van der Waals surface area contributed by atoms with Crippen LogP contribution in [-0.4, -0.2) is 26.3 Å². The zero-order valence-corrected chi connectivity index (χ0v) is 12.6. The maximum atomic E-state index is 5.25. The molecule has 3 unspecified atom stereocenters. The Morgan fingerprint density at radius 1 is 1.05 bits per heavy atom. The van der Waals surface area contributed by atoms with Crippen molar-refractivity contribution in [3.63, 3.8) is 0 Å². The quantitative estimate of drug-likeness (QED) is 0.789. The Bertz CT molecular complexity index is 287. The molecule has 0 spiro atoms. The van der Waals surface area contributed by atoms with E-state index in [-0.39, 0.29) is 0 Å². The van der Waals surface area contributed by atoms with Crippen LogP contribution in [0.15, 0.2) is 0 Å². The van der Waals surface area contributed by atoms with Crippen LogP contribution >= 0.6 is 0 Å². The van der Waals surface area contributed by atoms with Gasteiger partial charge in [-0.25, -0.2) is 0 Å². The van der Waals surface area contributed by atoms with Crippen molar-refractivity contribution >= 4 is 0 Å². The highest BCUT2D eigenvalue weighted by Gasteiger charge is 2.42. The van der Waals surface area contributed by atoms with Gasteiger partial charge in [0.15, 0.2) is 0 Å². The van der Waals surface area contributed by atoms with Gasteiger partial charge in [0.2, 0.25) is 0 Å². The third kappa shape index (κ3) is 3.52. The summed E-state index contributed by atoms with van der Waals surface area (Å²) in [5, 5.41) is 3.91. The van der Waals surface area contributed by atoms with E-state index < -0.39 is 0 Å². The summed E-state index contributed by atoms with van der Waals surface area (Å²) in [7, 11) is 1.83. The lowest BCUT2D eigenvalue weighted by atomic mass is 9.69. The number of rotatable bonds is 6. The number of methoxy groups -OCH3 is 1.